The third-order valence-electron chi connectivity index (χ3n) is 11.5. The summed E-state index contributed by atoms with van der Waals surface area (Å²) in [4.78, 5) is 5.15. The maximum Gasteiger partial charge on any atom is 0.136 e. The van der Waals surface area contributed by atoms with Gasteiger partial charge in [-0.05, 0) is 70.8 Å². The fourth-order valence-corrected chi connectivity index (χ4v) is 10.2. The topological polar surface area (TPSA) is 54.5 Å². The van der Waals surface area contributed by atoms with Gasteiger partial charge >= 0.3 is 0 Å². The van der Waals surface area contributed by atoms with Gasteiger partial charge in [0.05, 0.1) is 11.0 Å². The first-order chi connectivity index (χ1) is 28.2. The summed E-state index contributed by atoms with van der Waals surface area (Å²) in [5.74, 6) is 0.881. The quantitative estimate of drug-likeness (QED) is 0.184. The van der Waals surface area contributed by atoms with Crippen LogP contribution in [-0.4, -0.2) is 10.4 Å². The largest absolute Gasteiger partial charge is 0.456 e. The predicted molar refractivity (Wildman–Crippen MR) is 238 cm³/mol. The molecule has 1 aliphatic rings. The Balaban J connectivity index is 0.958. The molecule has 2 unspecified atom stereocenters. The smallest absolute Gasteiger partial charge is 0.136 e. The number of hydrogen-bond acceptors (Lipinski definition) is 5. The summed E-state index contributed by atoms with van der Waals surface area (Å²) in [6, 6.07) is 64.8. The molecule has 0 radical (unpaired) electrons. The average molecular weight is 751 g/mol. The summed E-state index contributed by atoms with van der Waals surface area (Å²) < 4.78 is 11.5. The first-order valence-electron chi connectivity index (χ1n) is 19.4. The summed E-state index contributed by atoms with van der Waals surface area (Å²) in [7, 11) is 0. The lowest BCUT2D eigenvalue weighted by Gasteiger charge is -2.32. The molecule has 0 amide bonds. The Hall–Kier alpha value is -6.99. The molecule has 3 aromatic heterocycles. The van der Waals surface area contributed by atoms with Gasteiger partial charge in [-0.2, -0.15) is 0 Å². The number of para-hydroxylation sites is 2. The van der Waals surface area contributed by atoms with Crippen molar-refractivity contribution in [2.45, 2.75) is 12.3 Å². The van der Waals surface area contributed by atoms with Crippen molar-refractivity contribution in [2.24, 2.45) is 4.99 Å². The molecular formula is C51H34N4OS. The van der Waals surface area contributed by atoms with Crippen molar-refractivity contribution in [3.63, 3.8) is 0 Å². The molecule has 270 valence electrons. The molecule has 5 nitrogen and oxygen atoms in total. The standard InChI is InChI=1S/C51H34N4OS/c1-3-13-31(14-4-1)49-52-50(32-15-5-2-6-16-32)54-51(53-49)40-21-12-24-46-47(40)39-20-11-19-35(48(39)57-46)33-25-27-38-41-30-34(26-28-44(41)56-45(38)29-33)55-42-22-9-7-17-36(42)37-18-8-10-23-43(37)55/h1-30,49,51,53H,(H,52,54). The second-order valence-corrected chi connectivity index (χ2v) is 15.8. The molecule has 0 fully saturated rings. The van der Waals surface area contributed by atoms with Crippen molar-refractivity contribution in [2.75, 3.05) is 0 Å². The first-order valence-corrected chi connectivity index (χ1v) is 20.2. The fourth-order valence-electron chi connectivity index (χ4n) is 8.88. The van der Waals surface area contributed by atoms with Gasteiger partial charge in [0.1, 0.15) is 29.3 Å². The van der Waals surface area contributed by atoms with Crippen molar-refractivity contribution in [1.82, 2.24) is 15.2 Å². The number of aliphatic imine (C=N–C) groups is 1. The van der Waals surface area contributed by atoms with E-state index in [4.69, 9.17) is 9.41 Å². The number of fused-ring (bicyclic) bond motifs is 9. The molecule has 2 atom stereocenters. The monoisotopic (exact) mass is 750 g/mol. The zero-order valence-corrected chi connectivity index (χ0v) is 31.5. The van der Waals surface area contributed by atoms with E-state index in [1.165, 1.54) is 53.1 Å². The number of nitrogens with zero attached hydrogens (tertiary/aromatic N) is 2. The van der Waals surface area contributed by atoms with Gasteiger partial charge in [-0.3, -0.25) is 5.32 Å². The van der Waals surface area contributed by atoms with Gasteiger partial charge in [0.2, 0.25) is 0 Å². The van der Waals surface area contributed by atoms with Crippen LogP contribution in [0.1, 0.15) is 29.0 Å². The van der Waals surface area contributed by atoms with Crippen LogP contribution in [0.2, 0.25) is 0 Å². The van der Waals surface area contributed by atoms with Crippen LogP contribution >= 0.6 is 11.3 Å². The molecule has 0 bridgehead atoms. The highest BCUT2D eigenvalue weighted by Crippen LogP contribution is 2.44. The van der Waals surface area contributed by atoms with Crippen LogP contribution in [0, 0.1) is 0 Å². The van der Waals surface area contributed by atoms with Crippen LogP contribution in [0.15, 0.2) is 191 Å². The second kappa shape index (κ2) is 12.8. The first kappa shape index (κ1) is 32.3. The number of nitrogens with one attached hydrogen (secondary N) is 2. The molecule has 1 aliphatic heterocycles. The second-order valence-electron chi connectivity index (χ2n) is 14.8. The molecule has 2 N–H and O–H groups in total. The molecule has 11 aromatic rings. The lowest BCUT2D eigenvalue weighted by molar-refractivity contribution is 0.411. The number of thiophene rings is 1. The Bertz CT molecular complexity index is 3320. The highest BCUT2D eigenvalue weighted by molar-refractivity contribution is 7.26. The maximum atomic E-state index is 6.59. The van der Waals surface area contributed by atoms with Crippen LogP contribution in [-0.2, 0) is 0 Å². The van der Waals surface area contributed by atoms with E-state index in [1.807, 2.05) is 17.4 Å². The summed E-state index contributed by atoms with van der Waals surface area (Å²) in [5, 5.41) is 14.8. The minimum atomic E-state index is -0.197. The number of furan rings is 1. The van der Waals surface area contributed by atoms with Gasteiger partial charge in [-0.1, -0.05) is 133 Å². The summed E-state index contributed by atoms with van der Waals surface area (Å²) >= 11 is 1.85. The lowest BCUT2D eigenvalue weighted by Crippen LogP contribution is -2.45. The van der Waals surface area contributed by atoms with E-state index in [-0.39, 0.29) is 12.3 Å². The molecule has 0 aliphatic carbocycles. The Morgan fingerprint density at radius 1 is 0.544 bits per heavy atom. The van der Waals surface area contributed by atoms with Gasteiger partial charge in [0.15, 0.2) is 0 Å². The molecular weight excluding hydrogens is 717 g/mol. The van der Waals surface area contributed by atoms with Crippen LogP contribution in [0.5, 0.6) is 0 Å². The van der Waals surface area contributed by atoms with Crippen molar-refractivity contribution in [3.05, 3.63) is 199 Å². The van der Waals surface area contributed by atoms with Crippen LogP contribution in [0.3, 0.4) is 0 Å². The molecule has 4 heterocycles. The fraction of sp³-hybridized carbons (Fsp3) is 0.0392. The maximum absolute atomic E-state index is 6.59. The number of benzene rings is 8. The highest BCUT2D eigenvalue weighted by atomic mass is 32.1. The van der Waals surface area contributed by atoms with E-state index in [0.717, 1.165) is 50.2 Å². The Labute approximate surface area is 332 Å². The normalized spacial score (nSPS) is 15.9. The molecule has 0 spiro atoms. The third kappa shape index (κ3) is 5.15. The van der Waals surface area contributed by atoms with Crippen LogP contribution in [0.4, 0.5) is 0 Å². The van der Waals surface area contributed by atoms with E-state index >= 15 is 0 Å². The van der Waals surface area contributed by atoms with E-state index < -0.39 is 0 Å². The van der Waals surface area contributed by atoms with Gasteiger partial charge in [0, 0.05) is 53.0 Å². The van der Waals surface area contributed by atoms with E-state index in [9.17, 15) is 0 Å². The minimum absolute atomic E-state index is 0.160. The summed E-state index contributed by atoms with van der Waals surface area (Å²) in [6.45, 7) is 0. The van der Waals surface area contributed by atoms with Crippen molar-refractivity contribution >= 4 is 81.1 Å². The molecule has 8 aromatic carbocycles. The van der Waals surface area contributed by atoms with E-state index in [0.29, 0.717) is 0 Å². The number of aromatic nitrogens is 1. The molecule has 0 saturated heterocycles. The van der Waals surface area contributed by atoms with Crippen LogP contribution in [0.25, 0.3) is 80.7 Å². The predicted octanol–water partition coefficient (Wildman–Crippen LogP) is 13.1. The molecule has 6 heteroatoms. The molecule has 12 rings (SSSR count). The number of rotatable bonds is 5. The zero-order chi connectivity index (χ0) is 37.5. The van der Waals surface area contributed by atoms with E-state index in [1.54, 1.807) is 0 Å². The number of hydrogen-bond donors (Lipinski definition) is 2. The zero-order valence-electron chi connectivity index (χ0n) is 30.7. The molecule has 0 saturated carbocycles. The minimum Gasteiger partial charge on any atom is -0.456 e. The Morgan fingerprint density at radius 3 is 2.07 bits per heavy atom. The van der Waals surface area contributed by atoms with Gasteiger partial charge in [0.25, 0.3) is 0 Å². The van der Waals surface area contributed by atoms with E-state index in [2.05, 4.69) is 191 Å². The SMILES string of the molecule is c1ccc(C2=NC(c3ccccc3)NC(c3cccc4sc5c(-c6ccc7c(c6)oc6ccc(-n8c9ccccc9c9ccccc98)cc67)cccc5c34)N2)cc1. The highest BCUT2D eigenvalue weighted by Gasteiger charge is 2.28. The van der Waals surface area contributed by atoms with Crippen molar-refractivity contribution in [3.8, 4) is 16.8 Å². The summed E-state index contributed by atoms with van der Waals surface area (Å²) in [5.41, 5.74) is 11.0. The number of amidine groups is 1. The van der Waals surface area contributed by atoms with Gasteiger partial charge in [-0.25, -0.2) is 4.99 Å². The van der Waals surface area contributed by atoms with Crippen LogP contribution < -0.4 is 10.6 Å². The van der Waals surface area contributed by atoms with Gasteiger partial charge < -0.3 is 14.3 Å². The van der Waals surface area contributed by atoms with Gasteiger partial charge in [-0.15, -0.1) is 11.3 Å². The molecule has 57 heavy (non-hydrogen) atoms. The summed E-state index contributed by atoms with van der Waals surface area (Å²) in [6.07, 6.45) is -0.357. The average Bonchev–Trinajstić information content (AvgIpc) is 3.96. The lowest BCUT2D eigenvalue weighted by atomic mass is 9.98. The third-order valence-corrected chi connectivity index (χ3v) is 12.7. The Kier molecular flexibility index (Phi) is 7.24. The Morgan fingerprint density at radius 2 is 1.26 bits per heavy atom. The van der Waals surface area contributed by atoms with Crippen molar-refractivity contribution < 1.29 is 4.42 Å². The van der Waals surface area contributed by atoms with Crippen molar-refractivity contribution in [1.29, 1.82) is 0 Å².